The Balaban J connectivity index is 1.93. The summed E-state index contributed by atoms with van der Waals surface area (Å²) in [6, 6.07) is -0.103. The molecular weight excluding hydrogens is 300 g/mol. The van der Waals surface area contributed by atoms with Crippen molar-refractivity contribution in [2.75, 3.05) is 6.54 Å². The van der Waals surface area contributed by atoms with Gasteiger partial charge in [-0.3, -0.25) is 4.79 Å². The maximum Gasteiger partial charge on any atom is 0.266 e. The zero-order valence-corrected chi connectivity index (χ0v) is 13.9. The second-order valence-electron chi connectivity index (χ2n) is 5.68. The van der Waals surface area contributed by atoms with Crippen molar-refractivity contribution < 1.29 is 9.32 Å². The summed E-state index contributed by atoms with van der Waals surface area (Å²) in [5.74, 6) is 1.19. The third-order valence-electron chi connectivity index (χ3n) is 3.95. The van der Waals surface area contributed by atoms with Crippen molar-refractivity contribution in [3.8, 4) is 0 Å². The summed E-state index contributed by atoms with van der Waals surface area (Å²) in [4.78, 5) is 24.3. The Morgan fingerprint density at radius 2 is 2.05 bits per heavy atom. The molecule has 1 fully saturated rings. The number of amides is 1. The Hall–Kier alpha value is -1.76. The molecule has 0 spiro atoms. The van der Waals surface area contributed by atoms with Crippen LogP contribution in [-0.4, -0.2) is 32.5 Å². The highest BCUT2D eigenvalue weighted by atomic mass is 32.1. The molecule has 6 nitrogen and oxygen atoms in total. The molecule has 2 aromatic heterocycles. The van der Waals surface area contributed by atoms with Gasteiger partial charge in [0.15, 0.2) is 5.82 Å². The van der Waals surface area contributed by atoms with Crippen molar-refractivity contribution in [1.82, 2.24) is 20.0 Å². The number of aryl methyl sites for hydroxylation is 3. The summed E-state index contributed by atoms with van der Waals surface area (Å²) in [6.45, 7) is 6.32. The number of carbonyl (C=O) groups excluding carboxylic acids is 1. The maximum absolute atomic E-state index is 13.0. The normalized spacial score (nSPS) is 19.2. The first kappa shape index (κ1) is 15.1. The van der Waals surface area contributed by atoms with E-state index in [1.165, 1.54) is 11.3 Å². The molecule has 0 bridgehead atoms. The molecule has 2 aromatic rings. The van der Waals surface area contributed by atoms with Crippen molar-refractivity contribution in [1.29, 1.82) is 0 Å². The fourth-order valence-electron chi connectivity index (χ4n) is 2.93. The van der Waals surface area contributed by atoms with Crippen LogP contribution >= 0.6 is 11.3 Å². The molecular formula is C15H20N4O2S. The van der Waals surface area contributed by atoms with E-state index >= 15 is 0 Å². The van der Waals surface area contributed by atoms with Gasteiger partial charge in [0.2, 0.25) is 5.89 Å². The lowest BCUT2D eigenvalue weighted by Gasteiger charge is -2.27. The largest absolute Gasteiger partial charge is 0.340 e. The molecule has 1 aliphatic rings. The number of aromatic nitrogens is 3. The van der Waals surface area contributed by atoms with E-state index in [2.05, 4.69) is 15.1 Å². The molecule has 0 aromatic carbocycles. The molecule has 1 aliphatic heterocycles. The van der Waals surface area contributed by atoms with E-state index in [0.29, 0.717) is 11.7 Å². The van der Waals surface area contributed by atoms with Crippen LogP contribution in [0.15, 0.2) is 4.52 Å². The fraction of sp³-hybridized carbons (Fsp3) is 0.600. The maximum atomic E-state index is 13.0. The number of likely N-dealkylation sites (tertiary alicyclic amines) is 1. The number of rotatable bonds is 2. The standard InChI is InChI=1S/C15H20N4O2S/c1-9-13(22-11(3)16-9)15(20)19-8-6-4-5-7-12(19)14-17-10(2)21-18-14/h12H,4-8H2,1-3H3/t12-/m0/s1. The van der Waals surface area contributed by atoms with Crippen molar-refractivity contribution in [2.45, 2.75) is 52.5 Å². The molecule has 1 saturated heterocycles. The zero-order chi connectivity index (χ0) is 15.7. The highest BCUT2D eigenvalue weighted by Gasteiger charge is 2.32. The molecule has 22 heavy (non-hydrogen) atoms. The summed E-state index contributed by atoms with van der Waals surface area (Å²) >= 11 is 1.46. The third-order valence-corrected chi connectivity index (χ3v) is 5.01. The average molecular weight is 320 g/mol. The average Bonchev–Trinajstić information content (AvgIpc) is 2.95. The Labute approximate surface area is 133 Å². The summed E-state index contributed by atoms with van der Waals surface area (Å²) in [7, 11) is 0. The summed E-state index contributed by atoms with van der Waals surface area (Å²) < 4.78 is 5.11. The van der Waals surface area contributed by atoms with E-state index in [-0.39, 0.29) is 11.9 Å². The van der Waals surface area contributed by atoms with Crippen LogP contribution < -0.4 is 0 Å². The lowest BCUT2D eigenvalue weighted by atomic mass is 10.1. The van der Waals surface area contributed by atoms with Gasteiger partial charge in [-0.25, -0.2) is 4.98 Å². The quantitative estimate of drug-likeness (QED) is 0.849. The van der Waals surface area contributed by atoms with E-state index in [9.17, 15) is 4.79 Å². The van der Waals surface area contributed by atoms with Gasteiger partial charge in [-0.15, -0.1) is 11.3 Å². The van der Waals surface area contributed by atoms with Gasteiger partial charge in [0.1, 0.15) is 4.88 Å². The first-order valence-corrected chi connectivity index (χ1v) is 8.43. The molecule has 3 rings (SSSR count). The van der Waals surface area contributed by atoms with Gasteiger partial charge in [0, 0.05) is 13.5 Å². The molecule has 0 N–H and O–H groups in total. The summed E-state index contributed by atoms with van der Waals surface area (Å²) in [5, 5.41) is 4.96. The number of thiazole rings is 1. The van der Waals surface area contributed by atoms with Gasteiger partial charge in [-0.05, 0) is 26.7 Å². The van der Waals surface area contributed by atoms with Crippen LogP contribution in [-0.2, 0) is 0 Å². The Bertz CT molecular complexity index is 679. The van der Waals surface area contributed by atoms with Crippen LogP contribution in [0.5, 0.6) is 0 Å². The summed E-state index contributed by atoms with van der Waals surface area (Å²) in [6.07, 6.45) is 4.08. The molecule has 1 atom stereocenters. The Morgan fingerprint density at radius 3 is 2.68 bits per heavy atom. The number of carbonyl (C=O) groups is 1. The lowest BCUT2D eigenvalue weighted by Crippen LogP contribution is -2.35. The molecule has 1 amide bonds. The van der Waals surface area contributed by atoms with Crippen molar-refractivity contribution in [3.05, 3.63) is 27.3 Å². The number of hydrogen-bond donors (Lipinski definition) is 0. The minimum absolute atomic E-state index is 0.0393. The first-order chi connectivity index (χ1) is 10.6. The molecule has 7 heteroatoms. The molecule has 0 radical (unpaired) electrons. The molecule has 0 aliphatic carbocycles. The van der Waals surface area contributed by atoms with E-state index in [4.69, 9.17) is 4.52 Å². The van der Waals surface area contributed by atoms with Crippen LogP contribution in [0.2, 0.25) is 0 Å². The second kappa shape index (κ2) is 6.16. The van der Waals surface area contributed by atoms with Gasteiger partial charge < -0.3 is 9.42 Å². The van der Waals surface area contributed by atoms with Crippen LogP contribution in [0.4, 0.5) is 0 Å². The predicted molar refractivity (Wildman–Crippen MR) is 82.9 cm³/mol. The van der Waals surface area contributed by atoms with Crippen molar-refractivity contribution in [2.24, 2.45) is 0 Å². The van der Waals surface area contributed by atoms with Crippen LogP contribution in [0.3, 0.4) is 0 Å². The number of nitrogens with zero attached hydrogens (tertiary/aromatic N) is 4. The van der Waals surface area contributed by atoms with Gasteiger partial charge in [-0.1, -0.05) is 18.0 Å². The highest BCUT2D eigenvalue weighted by Crippen LogP contribution is 2.31. The van der Waals surface area contributed by atoms with E-state index < -0.39 is 0 Å². The molecule has 118 valence electrons. The van der Waals surface area contributed by atoms with Gasteiger partial charge in [-0.2, -0.15) is 4.98 Å². The van der Waals surface area contributed by atoms with Crippen LogP contribution in [0, 0.1) is 20.8 Å². The minimum atomic E-state index is -0.103. The van der Waals surface area contributed by atoms with Gasteiger partial charge in [0.05, 0.1) is 16.7 Å². The highest BCUT2D eigenvalue weighted by molar-refractivity contribution is 7.13. The zero-order valence-electron chi connectivity index (χ0n) is 13.1. The van der Waals surface area contributed by atoms with Crippen LogP contribution in [0.1, 0.15) is 63.8 Å². The first-order valence-electron chi connectivity index (χ1n) is 7.61. The molecule has 3 heterocycles. The van der Waals surface area contributed by atoms with Crippen molar-refractivity contribution >= 4 is 17.2 Å². The predicted octanol–water partition coefficient (Wildman–Crippen LogP) is 3.21. The van der Waals surface area contributed by atoms with Crippen molar-refractivity contribution in [3.63, 3.8) is 0 Å². The van der Waals surface area contributed by atoms with Crippen LogP contribution in [0.25, 0.3) is 0 Å². The minimum Gasteiger partial charge on any atom is -0.340 e. The number of hydrogen-bond acceptors (Lipinski definition) is 6. The van der Waals surface area contributed by atoms with E-state index in [0.717, 1.165) is 47.8 Å². The Morgan fingerprint density at radius 1 is 1.23 bits per heavy atom. The monoisotopic (exact) mass is 320 g/mol. The summed E-state index contributed by atoms with van der Waals surface area (Å²) in [5.41, 5.74) is 0.805. The third kappa shape index (κ3) is 2.90. The van der Waals surface area contributed by atoms with E-state index in [1.807, 2.05) is 18.7 Å². The lowest BCUT2D eigenvalue weighted by molar-refractivity contribution is 0.0674. The van der Waals surface area contributed by atoms with E-state index in [1.54, 1.807) is 6.92 Å². The smallest absolute Gasteiger partial charge is 0.266 e. The molecule has 0 unspecified atom stereocenters. The van der Waals surface area contributed by atoms with Gasteiger partial charge in [0.25, 0.3) is 5.91 Å². The second-order valence-corrected chi connectivity index (χ2v) is 6.89. The topological polar surface area (TPSA) is 72.1 Å². The fourth-order valence-corrected chi connectivity index (χ4v) is 3.81. The SMILES string of the molecule is Cc1nc([C@@H]2CCCCCN2C(=O)c2sc(C)nc2C)no1. The Kier molecular flexibility index (Phi) is 4.24. The van der Waals surface area contributed by atoms with Gasteiger partial charge >= 0.3 is 0 Å². The molecule has 0 saturated carbocycles.